The number of aryl methyl sites for hydroxylation is 1. The summed E-state index contributed by atoms with van der Waals surface area (Å²) < 4.78 is -0.904. The van der Waals surface area contributed by atoms with E-state index in [1.807, 2.05) is 6.92 Å². The van der Waals surface area contributed by atoms with Crippen molar-refractivity contribution in [3.05, 3.63) is 35.4 Å². The van der Waals surface area contributed by atoms with E-state index in [9.17, 15) is 4.79 Å². The van der Waals surface area contributed by atoms with Crippen molar-refractivity contribution < 1.29 is 4.79 Å². The van der Waals surface area contributed by atoms with Gasteiger partial charge < -0.3 is 5.32 Å². The minimum atomic E-state index is -0.904. The zero-order valence-corrected chi connectivity index (χ0v) is 13.3. The molecule has 20 heavy (non-hydrogen) atoms. The summed E-state index contributed by atoms with van der Waals surface area (Å²) >= 11 is 12.2. The fourth-order valence-electron chi connectivity index (χ4n) is 2.62. The molecule has 1 aromatic carbocycles. The van der Waals surface area contributed by atoms with E-state index in [1.54, 1.807) is 0 Å². The molecule has 3 rings (SSSR count). The smallest absolute Gasteiger partial charge is 0.229 e. The molecule has 1 N–H and O–H groups in total. The molecule has 2 atom stereocenters. The van der Waals surface area contributed by atoms with Crippen LogP contribution in [0.4, 0.5) is 0 Å². The molecule has 0 radical (unpaired) electrons. The number of amides is 1. The first-order valence-electron chi connectivity index (χ1n) is 7.09. The first kappa shape index (κ1) is 14.2. The Balaban J connectivity index is 1.76. The Morgan fingerprint density at radius 2 is 1.85 bits per heavy atom. The summed E-state index contributed by atoms with van der Waals surface area (Å²) in [6, 6.07) is 8.46. The lowest BCUT2D eigenvalue weighted by atomic mass is 9.99. The summed E-state index contributed by atoms with van der Waals surface area (Å²) in [6.07, 6.45) is 2.87. The molecule has 1 amide bonds. The SMILES string of the molecule is Cc1ccc(C(NC(=O)C2(C)CC2(Cl)Cl)C2CC2)cc1. The highest BCUT2D eigenvalue weighted by Gasteiger charge is 2.68. The van der Waals surface area contributed by atoms with Crippen LogP contribution < -0.4 is 5.32 Å². The van der Waals surface area contributed by atoms with Crippen LogP contribution in [-0.2, 0) is 4.79 Å². The minimum Gasteiger partial charge on any atom is -0.348 e. The van der Waals surface area contributed by atoms with Crippen molar-refractivity contribution in [1.82, 2.24) is 5.32 Å². The molecule has 1 aromatic rings. The molecule has 2 nitrogen and oxygen atoms in total. The number of alkyl halides is 2. The minimum absolute atomic E-state index is 0.0278. The van der Waals surface area contributed by atoms with Crippen LogP contribution in [0, 0.1) is 18.3 Å². The monoisotopic (exact) mass is 311 g/mol. The number of carbonyl (C=O) groups is 1. The quantitative estimate of drug-likeness (QED) is 0.832. The van der Waals surface area contributed by atoms with E-state index in [2.05, 4.69) is 36.5 Å². The predicted octanol–water partition coefficient (Wildman–Crippen LogP) is 4.15. The molecule has 0 aromatic heterocycles. The molecule has 4 heteroatoms. The molecule has 0 heterocycles. The molecule has 2 unspecified atom stereocenters. The van der Waals surface area contributed by atoms with Crippen LogP contribution in [0.15, 0.2) is 24.3 Å². The van der Waals surface area contributed by atoms with Crippen LogP contribution in [0.2, 0.25) is 0 Å². The normalized spacial score (nSPS) is 28.8. The number of rotatable bonds is 4. The van der Waals surface area contributed by atoms with Gasteiger partial charge in [-0.05, 0) is 44.6 Å². The Bertz CT molecular complexity index is 536. The van der Waals surface area contributed by atoms with Crippen molar-refractivity contribution in [2.75, 3.05) is 0 Å². The van der Waals surface area contributed by atoms with Crippen molar-refractivity contribution in [2.45, 2.75) is 43.5 Å². The number of carbonyl (C=O) groups excluding carboxylic acids is 1. The van der Waals surface area contributed by atoms with Crippen LogP contribution in [0.3, 0.4) is 0 Å². The van der Waals surface area contributed by atoms with Gasteiger partial charge in [0, 0.05) is 0 Å². The fraction of sp³-hybridized carbons (Fsp3) is 0.562. The van der Waals surface area contributed by atoms with Gasteiger partial charge in [-0.3, -0.25) is 4.79 Å². The zero-order valence-electron chi connectivity index (χ0n) is 11.7. The Hall–Kier alpha value is -0.730. The van der Waals surface area contributed by atoms with E-state index in [4.69, 9.17) is 23.2 Å². The number of halogens is 2. The van der Waals surface area contributed by atoms with Gasteiger partial charge in [-0.25, -0.2) is 0 Å². The van der Waals surface area contributed by atoms with Crippen molar-refractivity contribution in [2.24, 2.45) is 11.3 Å². The second kappa shape index (κ2) is 4.64. The predicted molar refractivity (Wildman–Crippen MR) is 81.9 cm³/mol. The number of hydrogen-bond donors (Lipinski definition) is 1. The average molecular weight is 312 g/mol. The summed E-state index contributed by atoms with van der Waals surface area (Å²) in [5, 5.41) is 3.16. The van der Waals surface area contributed by atoms with Crippen LogP contribution in [0.5, 0.6) is 0 Å². The highest BCUT2D eigenvalue weighted by molar-refractivity contribution is 6.53. The molecule has 2 aliphatic rings. The first-order chi connectivity index (χ1) is 9.33. The maximum absolute atomic E-state index is 12.4. The average Bonchev–Trinajstić information content (AvgIpc) is 3.27. The molecule has 108 valence electrons. The van der Waals surface area contributed by atoms with Crippen LogP contribution in [-0.4, -0.2) is 10.2 Å². The third kappa shape index (κ3) is 2.44. The maximum atomic E-state index is 12.4. The maximum Gasteiger partial charge on any atom is 0.229 e. The molecule has 2 aliphatic carbocycles. The molecule has 0 aliphatic heterocycles. The van der Waals surface area contributed by atoms with Crippen LogP contribution in [0.25, 0.3) is 0 Å². The molecule has 0 bridgehead atoms. The van der Waals surface area contributed by atoms with Crippen molar-refractivity contribution in [3.8, 4) is 0 Å². The van der Waals surface area contributed by atoms with E-state index in [0.29, 0.717) is 12.3 Å². The first-order valence-corrected chi connectivity index (χ1v) is 7.84. The van der Waals surface area contributed by atoms with Gasteiger partial charge in [0.05, 0.1) is 11.5 Å². The second-order valence-corrected chi connectivity index (χ2v) is 7.90. The van der Waals surface area contributed by atoms with E-state index < -0.39 is 9.75 Å². The second-order valence-electron chi connectivity index (χ2n) is 6.41. The fourth-order valence-corrected chi connectivity index (χ4v) is 3.33. The summed E-state index contributed by atoms with van der Waals surface area (Å²) in [4.78, 5) is 12.4. The van der Waals surface area contributed by atoms with Crippen molar-refractivity contribution in [3.63, 3.8) is 0 Å². The lowest BCUT2D eigenvalue weighted by Gasteiger charge is -2.22. The molecule has 2 saturated carbocycles. The van der Waals surface area contributed by atoms with Gasteiger partial charge in [0.1, 0.15) is 4.33 Å². The highest BCUT2D eigenvalue weighted by Crippen LogP contribution is 2.64. The largest absolute Gasteiger partial charge is 0.348 e. The molecule has 0 spiro atoms. The summed E-state index contributed by atoms with van der Waals surface area (Å²) in [5.41, 5.74) is 1.75. The Morgan fingerprint density at radius 3 is 2.30 bits per heavy atom. The third-order valence-electron chi connectivity index (χ3n) is 4.58. The molecule has 0 saturated heterocycles. The Labute approximate surface area is 129 Å². The molecular weight excluding hydrogens is 293 g/mol. The summed E-state index contributed by atoms with van der Waals surface area (Å²) in [6.45, 7) is 3.90. The van der Waals surface area contributed by atoms with Gasteiger partial charge in [0.2, 0.25) is 5.91 Å². The molecule has 2 fully saturated rings. The van der Waals surface area contributed by atoms with E-state index in [1.165, 1.54) is 24.0 Å². The van der Waals surface area contributed by atoms with Gasteiger partial charge in [-0.15, -0.1) is 23.2 Å². The van der Waals surface area contributed by atoms with Gasteiger partial charge in [-0.1, -0.05) is 29.8 Å². The van der Waals surface area contributed by atoms with E-state index in [-0.39, 0.29) is 11.9 Å². The van der Waals surface area contributed by atoms with E-state index in [0.717, 1.165) is 0 Å². The van der Waals surface area contributed by atoms with Crippen LogP contribution >= 0.6 is 23.2 Å². The zero-order chi connectivity index (χ0) is 14.5. The lowest BCUT2D eigenvalue weighted by molar-refractivity contribution is -0.126. The number of benzene rings is 1. The highest BCUT2D eigenvalue weighted by atomic mass is 35.5. The third-order valence-corrected chi connectivity index (χ3v) is 5.68. The van der Waals surface area contributed by atoms with E-state index >= 15 is 0 Å². The Morgan fingerprint density at radius 1 is 1.30 bits per heavy atom. The van der Waals surface area contributed by atoms with Crippen molar-refractivity contribution >= 4 is 29.1 Å². The Kier molecular flexibility index (Phi) is 3.30. The van der Waals surface area contributed by atoms with Gasteiger partial charge in [0.25, 0.3) is 0 Å². The standard InChI is InChI=1S/C16H19Cl2NO/c1-10-3-5-11(6-4-10)13(12-7-8-12)19-14(20)15(2)9-16(15,17)18/h3-6,12-13H,7-9H2,1-2H3,(H,19,20). The van der Waals surface area contributed by atoms with Crippen LogP contribution in [0.1, 0.15) is 43.4 Å². The number of nitrogens with one attached hydrogen (secondary N) is 1. The van der Waals surface area contributed by atoms with Crippen molar-refractivity contribution in [1.29, 1.82) is 0 Å². The van der Waals surface area contributed by atoms with Gasteiger partial charge in [0.15, 0.2) is 0 Å². The summed E-state index contributed by atoms with van der Waals surface area (Å²) in [7, 11) is 0. The summed E-state index contributed by atoms with van der Waals surface area (Å²) in [5.74, 6) is 0.518. The number of hydrogen-bond acceptors (Lipinski definition) is 1. The molecular formula is C16H19Cl2NO. The van der Waals surface area contributed by atoms with Gasteiger partial charge in [-0.2, -0.15) is 0 Å². The lowest BCUT2D eigenvalue weighted by Crippen LogP contribution is -2.37. The van der Waals surface area contributed by atoms with Gasteiger partial charge >= 0.3 is 0 Å². The topological polar surface area (TPSA) is 29.1 Å².